The predicted molar refractivity (Wildman–Crippen MR) is 142 cm³/mol. The van der Waals surface area contributed by atoms with Crippen LogP contribution in [0.4, 0.5) is 5.69 Å². The summed E-state index contributed by atoms with van der Waals surface area (Å²) < 4.78 is 26.6. The number of sulfonamides is 1. The molecule has 0 bridgehead atoms. The maximum Gasteiger partial charge on any atom is 0.244 e. The van der Waals surface area contributed by atoms with Gasteiger partial charge in [-0.25, -0.2) is 8.42 Å². The Hall–Kier alpha value is -2.29. The van der Waals surface area contributed by atoms with Crippen molar-refractivity contribution in [1.29, 1.82) is 0 Å². The van der Waals surface area contributed by atoms with Crippen LogP contribution in [0.15, 0.2) is 42.5 Å². The molecule has 1 N–H and O–H groups in total. The molecule has 0 heterocycles. The van der Waals surface area contributed by atoms with Gasteiger partial charge in [-0.3, -0.25) is 13.9 Å². The lowest BCUT2D eigenvalue weighted by molar-refractivity contribution is -0.139. The molecule has 2 aromatic carbocycles. The highest BCUT2D eigenvalue weighted by Crippen LogP contribution is 2.26. The average Bonchev–Trinajstić information content (AvgIpc) is 2.80. The Kier molecular flexibility index (Phi) is 10.4. The van der Waals surface area contributed by atoms with E-state index < -0.39 is 28.5 Å². The standard InChI is InChI=1S/C25H33Cl2N3O4S/c1-6-17(3)28-25(32)18(4)29(15-20-12-13-21(26)14-22(20)27)24(31)16-30(35(5,33)34)23-11-9-8-10-19(23)7-2/h8-14,17-18H,6-7,15-16H2,1-5H3,(H,28,32)/t17-,18-/m0/s1. The van der Waals surface area contributed by atoms with Crippen molar-refractivity contribution in [2.75, 3.05) is 17.1 Å². The lowest BCUT2D eigenvalue weighted by Gasteiger charge is -2.32. The molecule has 2 rings (SSSR count). The zero-order chi connectivity index (χ0) is 26.3. The number of hydrogen-bond donors (Lipinski definition) is 1. The molecule has 0 fully saturated rings. The maximum atomic E-state index is 13.6. The highest BCUT2D eigenvalue weighted by atomic mass is 35.5. The summed E-state index contributed by atoms with van der Waals surface area (Å²) in [6.07, 6.45) is 2.38. The lowest BCUT2D eigenvalue weighted by Crippen LogP contribution is -2.52. The molecule has 35 heavy (non-hydrogen) atoms. The number of carbonyl (C=O) groups excluding carboxylic acids is 2. The summed E-state index contributed by atoms with van der Waals surface area (Å²) in [5.74, 6) is -0.864. The van der Waals surface area contributed by atoms with Gasteiger partial charge in [-0.05, 0) is 56.0 Å². The molecule has 7 nitrogen and oxygen atoms in total. The van der Waals surface area contributed by atoms with Crippen molar-refractivity contribution in [1.82, 2.24) is 10.2 Å². The van der Waals surface area contributed by atoms with Crippen LogP contribution in [0.3, 0.4) is 0 Å². The Morgan fingerprint density at radius 3 is 2.26 bits per heavy atom. The highest BCUT2D eigenvalue weighted by Gasteiger charge is 2.31. The monoisotopic (exact) mass is 541 g/mol. The fourth-order valence-corrected chi connectivity index (χ4v) is 4.88. The second kappa shape index (κ2) is 12.6. The first kappa shape index (κ1) is 28.9. The predicted octanol–water partition coefficient (Wildman–Crippen LogP) is 4.65. The number of nitrogens with one attached hydrogen (secondary N) is 1. The van der Waals surface area contributed by atoms with Crippen LogP contribution in [0.1, 0.15) is 45.2 Å². The van der Waals surface area contributed by atoms with Crippen LogP contribution in [0.2, 0.25) is 10.0 Å². The molecule has 0 unspecified atom stereocenters. The molecule has 0 aliphatic rings. The lowest BCUT2D eigenvalue weighted by atomic mass is 10.1. The number of halogens is 2. The number of amides is 2. The van der Waals surface area contributed by atoms with Gasteiger partial charge in [0, 0.05) is 22.6 Å². The van der Waals surface area contributed by atoms with Gasteiger partial charge >= 0.3 is 0 Å². The van der Waals surface area contributed by atoms with Crippen LogP contribution < -0.4 is 9.62 Å². The van der Waals surface area contributed by atoms with Crippen molar-refractivity contribution in [2.45, 2.75) is 59.2 Å². The van der Waals surface area contributed by atoms with E-state index in [0.29, 0.717) is 27.7 Å². The van der Waals surface area contributed by atoms with Gasteiger partial charge in [-0.1, -0.05) is 61.3 Å². The number of rotatable bonds is 11. The largest absolute Gasteiger partial charge is 0.352 e. The van der Waals surface area contributed by atoms with Crippen LogP contribution in [0.25, 0.3) is 0 Å². The van der Waals surface area contributed by atoms with E-state index in [4.69, 9.17) is 23.2 Å². The highest BCUT2D eigenvalue weighted by molar-refractivity contribution is 7.92. The Morgan fingerprint density at radius 2 is 1.69 bits per heavy atom. The second-order valence-electron chi connectivity index (χ2n) is 8.50. The molecule has 192 valence electrons. The van der Waals surface area contributed by atoms with E-state index in [1.54, 1.807) is 37.3 Å². The fraction of sp³-hybridized carbons (Fsp3) is 0.440. The molecule has 0 saturated heterocycles. The summed E-state index contributed by atoms with van der Waals surface area (Å²) in [5, 5.41) is 3.68. The first-order valence-electron chi connectivity index (χ1n) is 11.5. The van der Waals surface area contributed by atoms with E-state index >= 15 is 0 Å². The summed E-state index contributed by atoms with van der Waals surface area (Å²) in [6, 6.07) is 11.0. The minimum Gasteiger partial charge on any atom is -0.352 e. The van der Waals surface area contributed by atoms with E-state index in [2.05, 4.69) is 5.32 Å². The molecule has 0 aliphatic heterocycles. The zero-order valence-corrected chi connectivity index (χ0v) is 23.0. The summed E-state index contributed by atoms with van der Waals surface area (Å²) in [5.41, 5.74) is 1.82. The number of nitrogens with zero attached hydrogens (tertiary/aromatic N) is 2. The maximum absolute atomic E-state index is 13.6. The van der Waals surface area contributed by atoms with Crippen molar-refractivity contribution in [3.63, 3.8) is 0 Å². The van der Waals surface area contributed by atoms with Gasteiger partial charge in [0.2, 0.25) is 21.8 Å². The van der Waals surface area contributed by atoms with Crippen LogP contribution in [-0.2, 0) is 32.6 Å². The van der Waals surface area contributed by atoms with Crippen LogP contribution in [-0.4, -0.2) is 50.0 Å². The average molecular weight is 543 g/mol. The Morgan fingerprint density at radius 1 is 1.03 bits per heavy atom. The molecule has 0 aliphatic carbocycles. The Labute approximate surface area is 218 Å². The molecule has 2 aromatic rings. The second-order valence-corrected chi connectivity index (χ2v) is 11.3. The summed E-state index contributed by atoms with van der Waals surface area (Å²) in [4.78, 5) is 27.9. The van der Waals surface area contributed by atoms with Gasteiger partial charge in [-0.2, -0.15) is 0 Å². The quantitative estimate of drug-likeness (QED) is 0.448. The van der Waals surface area contributed by atoms with E-state index in [1.807, 2.05) is 32.9 Å². The molecule has 2 atom stereocenters. The SMILES string of the molecule is CCc1ccccc1N(CC(=O)N(Cc1ccc(Cl)cc1Cl)[C@@H](C)C(=O)N[C@@H](C)CC)S(C)(=O)=O. The number of carbonyl (C=O) groups is 2. The Balaban J connectivity index is 2.46. The summed E-state index contributed by atoms with van der Waals surface area (Å²) in [7, 11) is -3.79. The van der Waals surface area contributed by atoms with Crippen molar-refractivity contribution in [2.24, 2.45) is 0 Å². The number of benzene rings is 2. The molecule has 0 spiro atoms. The van der Waals surface area contributed by atoms with Crippen LogP contribution in [0, 0.1) is 0 Å². The minimum atomic E-state index is -3.79. The van der Waals surface area contributed by atoms with E-state index in [9.17, 15) is 18.0 Å². The van der Waals surface area contributed by atoms with Gasteiger partial charge in [0.05, 0.1) is 11.9 Å². The van der Waals surface area contributed by atoms with Gasteiger partial charge in [0.15, 0.2) is 0 Å². The molecule has 2 amide bonds. The van der Waals surface area contributed by atoms with Crippen molar-refractivity contribution in [3.05, 3.63) is 63.6 Å². The number of hydrogen-bond acceptors (Lipinski definition) is 4. The van der Waals surface area contributed by atoms with Crippen LogP contribution in [0.5, 0.6) is 0 Å². The van der Waals surface area contributed by atoms with Gasteiger partial charge in [-0.15, -0.1) is 0 Å². The molecule has 0 saturated carbocycles. The minimum absolute atomic E-state index is 0.0109. The third-order valence-electron chi connectivity index (χ3n) is 5.84. The van der Waals surface area contributed by atoms with E-state index in [0.717, 1.165) is 22.5 Å². The number of aryl methyl sites for hydroxylation is 1. The third kappa shape index (κ3) is 7.85. The van der Waals surface area contributed by atoms with E-state index in [-0.39, 0.29) is 18.5 Å². The Bertz CT molecular complexity index is 1160. The van der Waals surface area contributed by atoms with Crippen molar-refractivity contribution in [3.8, 4) is 0 Å². The van der Waals surface area contributed by atoms with Gasteiger partial charge < -0.3 is 10.2 Å². The number of anilines is 1. The van der Waals surface area contributed by atoms with Crippen LogP contribution >= 0.6 is 23.2 Å². The smallest absolute Gasteiger partial charge is 0.244 e. The summed E-state index contributed by atoms with van der Waals surface area (Å²) >= 11 is 12.4. The van der Waals surface area contributed by atoms with E-state index in [1.165, 1.54) is 4.90 Å². The molecular formula is C25H33Cl2N3O4S. The molecule has 0 radical (unpaired) electrons. The van der Waals surface area contributed by atoms with Gasteiger partial charge in [0.1, 0.15) is 12.6 Å². The molecular weight excluding hydrogens is 509 g/mol. The van der Waals surface area contributed by atoms with Crippen molar-refractivity contribution >= 4 is 50.7 Å². The first-order valence-corrected chi connectivity index (χ1v) is 14.1. The first-order chi connectivity index (χ1) is 16.4. The number of para-hydroxylation sites is 1. The van der Waals surface area contributed by atoms with Crippen molar-refractivity contribution < 1.29 is 18.0 Å². The molecule has 0 aromatic heterocycles. The third-order valence-corrected chi connectivity index (χ3v) is 7.56. The molecule has 10 heteroatoms. The fourth-order valence-electron chi connectivity index (χ4n) is 3.53. The normalized spacial score (nSPS) is 13.1. The zero-order valence-electron chi connectivity index (χ0n) is 20.7. The summed E-state index contributed by atoms with van der Waals surface area (Å²) in [6.45, 7) is 6.90. The van der Waals surface area contributed by atoms with Gasteiger partial charge in [0.25, 0.3) is 0 Å². The topological polar surface area (TPSA) is 86.8 Å².